The molecular weight excluding hydrogens is 304 g/mol. The monoisotopic (exact) mass is 328 g/mol. The number of nitrogens with one attached hydrogen (secondary N) is 2. The predicted molar refractivity (Wildman–Crippen MR) is 95.5 cm³/mol. The molecule has 0 bridgehead atoms. The lowest BCUT2D eigenvalue weighted by atomic mass is 10.2. The van der Waals surface area contributed by atoms with E-state index in [4.69, 9.17) is 9.47 Å². The van der Waals surface area contributed by atoms with Gasteiger partial charge in [-0.05, 0) is 30.7 Å². The smallest absolute Gasteiger partial charge is 0.213 e. The van der Waals surface area contributed by atoms with Gasteiger partial charge >= 0.3 is 0 Å². The minimum Gasteiger partial charge on any atom is -0.492 e. The average Bonchev–Trinajstić information content (AvgIpc) is 2.63. The molecular formula is C18H24N4O2. The third kappa shape index (κ3) is 6.16. The Morgan fingerprint density at radius 1 is 1.12 bits per heavy atom. The number of para-hydroxylation sites is 1. The fourth-order valence-corrected chi connectivity index (χ4v) is 2.05. The van der Waals surface area contributed by atoms with Crippen LogP contribution in [0.15, 0.2) is 53.7 Å². The van der Waals surface area contributed by atoms with E-state index in [9.17, 15) is 0 Å². The van der Waals surface area contributed by atoms with Gasteiger partial charge < -0.3 is 20.1 Å². The van der Waals surface area contributed by atoms with Gasteiger partial charge in [0.1, 0.15) is 12.4 Å². The molecule has 0 aliphatic rings. The maximum atomic E-state index is 5.64. The first-order valence-electron chi connectivity index (χ1n) is 8.02. The molecule has 6 nitrogen and oxygen atoms in total. The van der Waals surface area contributed by atoms with E-state index < -0.39 is 0 Å². The minimum atomic E-state index is 0.564. The topological polar surface area (TPSA) is 67.8 Å². The molecule has 24 heavy (non-hydrogen) atoms. The molecule has 0 aliphatic heterocycles. The lowest BCUT2D eigenvalue weighted by Gasteiger charge is -2.13. The summed E-state index contributed by atoms with van der Waals surface area (Å²) in [5, 5.41) is 6.47. The Kier molecular flexibility index (Phi) is 7.40. The Balaban J connectivity index is 1.71. The number of ether oxygens (including phenoxy) is 2. The van der Waals surface area contributed by atoms with Crippen LogP contribution in [0.5, 0.6) is 11.6 Å². The molecule has 128 valence electrons. The highest BCUT2D eigenvalue weighted by Gasteiger charge is 2.01. The third-order valence-corrected chi connectivity index (χ3v) is 3.18. The van der Waals surface area contributed by atoms with Gasteiger partial charge in [0.2, 0.25) is 5.88 Å². The van der Waals surface area contributed by atoms with Gasteiger partial charge in [0, 0.05) is 25.9 Å². The zero-order valence-electron chi connectivity index (χ0n) is 14.2. The van der Waals surface area contributed by atoms with Gasteiger partial charge in [-0.2, -0.15) is 0 Å². The summed E-state index contributed by atoms with van der Waals surface area (Å²) in [5.74, 6) is 2.22. The second kappa shape index (κ2) is 10.1. The van der Waals surface area contributed by atoms with E-state index in [0.717, 1.165) is 17.3 Å². The minimum absolute atomic E-state index is 0.564. The predicted octanol–water partition coefficient (Wildman–Crippen LogP) is 2.22. The first kappa shape index (κ1) is 17.6. The number of aromatic nitrogens is 1. The van der Waals surface area contributed by atoms with Gasteiger partial charge in [0.25, 0.3) is 0 Å². The zero-order chi connectivity index (χ0) is 17.0. The SMILES string of the molecule is CCOc1cc(CNC(=NC)NCCOc2ccccc2)ccn1. The molecule has 1 heterocycles. The van der Waals surface area contributed by atoms with Gasteiger partial charge in [-0.15, -0.1) is 0 Å². The summed E-state index contributed by atoms with van der Waals surface area (Å²) in [6, 6.07) is 13.6. The maximum absolute atomic E-state index is 5.64. The van der Waals surface area contributed by atoms with E-state index in [0.29, 0.717) is 32.2 Å². The number of nitrogens with zero attached hydrogens (tertiary/aromatic N) is 2. The highest BCUT2D eigenvalue weighted by Crippen LogP contribution is 2.09. The molecule has 0 saturated heterocycles. The molecule has 2 rings (SSSR count). The van der Waals surface area contributed by atoms with E-state index in [-0.39, 0.29) is 0 Å². The molecule has 1 aromatic heterocycles. The first-order chi connectivity index (χ1) is 11.8. The van der Waals surface area contributed by atoms with Crippen molar-refractivity contribution in [3.8, 4) is 11.6 Å². The van der Waals surface area contributed by atoms with E-state index in [1.54, 1.807) is 13.2 Å². The van der Waals surface area contributed by atoms with Crippen LogP contribution in [-0.2, 0) is 6.54 Å². The number of aliphatic imine (C=N–C) groups is 1. The summed E-state index contributed by atoms with van der Waals surface area (Å²) in [5.41, 5.74) is 1.08. The number of guanidine groups is 1. The van der Waals surface area contributed by atoms with Crippen LogP contribution in [-0.4, -0.2) is 37.7 Å². The van der Waals surface area contributed by atoms with Crippen molar-refractivity contribution in [3.63, 3.8) is 0 Å². The molecule has 0 aliphatic carbocycles. The number of rotatable bonds is 8. The Labute approximate surface area is 142 Å². The van der Waals surface area contributed by atoms with Crippen molar-refractivity contribution in [1.29, 1.82) is 0 Å². The Morgan fingerprint density at radius 3 is 2.71 bits per heavy atom. The van der Waals surface area contributed by atoms with Crippen LogP contribution in [0.25, 0.3) is 0 Å². The molecule has 0 atom stereocenters. The third-order valence-electron chi connectivity index (χ3n) is 3.18. The summed E-state index contributed by atoms with van der Waals surface area (Å²) < 4.78 is 11.0. The van der Waals surface area contributed by atoms with Gasteiger partial charge in [-0.3, -0.25) is 4.99 Å². The van der Waals surface area contributed by atoms with E-state index in [1.807, 2.05) is 49.4 Å². The van der Waals surface area contributed by atoms with Crippen LogP contribution in [0, 0.1) is 0 Å². The number of pyridine rings is 1. The second-order valence-corrected chi connectivity index (χ2v) is 4.95. The summed E-state index contributed by atoms with van der Waals surface area (Å²) in [4.78, 5) is 8.35. The summed E-state index contributed by atoms with van der Waals surface area (Å²) in [7, 11) is 1.74. The average molecular weight is 328 g/mol. The summed E-state index contributed by atoms with van der Waals surface area (Å²) >= 11 is 0. The van der Waals surface area contributed by atoms with E-state index in [2.05, 4.69) is 20.6 Å². The molecule has 2 N–H and O–H groups in total. The van der Waals surface area contributed by atoms with Gasteiger partial charge in [-0.25, -0.2) is 4.98 Å². The lowest BCUT2D eigenvalue weighted by molar-refractivity contribution is 0.322. The normalized spacial score (nSPS) is 11.0. The van der Waals surface area contributed by atoms with Crippen LogP contribution >= 0.6 is 0 Å². The Morgan fingerprint density at radius 2 is 1.96 bits per heavy atom. The summed E-state index contributed by atoms with van der Waals surface area (Å²) in [6.07, 6.45) is 1.74. The molecule has 6 heteroatoms. The van der Waals surface area contributed by atoms with Crippen molar-refractivity contribution in [3.05, 3.63) is 54.2 Å². The Bertz CT molecular complexity index is 632. The summed E-state index contributed by atoms with van der Waals surface area (Å²) in [6.45, 7) is 4.41. The maximum Gasteiger partial charge on any atom is 0.213 e. The fourth-order valence-electron chi connectivity index (χ4n) is 2.05. The van der Waals surface area contributed by atoms with Gasteiger partial charge in [0.15, 0.2) is 5.96 Å². The van der Waals surface area contributed by atoms with Crippen LogP contribution in [0.4, 0.5) is 0 Å². The zero-order valence-corrected chi connectivity index (χ0v) is 14.2. The molecule has 0 saturated carbocycles. The quantitative estimate of drug-likeness (QED) is 0.442. The van der Waals surface area contributed by atoms with Crippen molar-refractivity contribution in [2.75, 3.05) is 26.8 Å². The van der Waals surface area contributed by atoms with E-state index in [1.165, 1.54) is 0 Å². The highest BCUT2D eigenvalue weighted by atomic mass is 16.5. The standard InChI is InChI=1S/C18H24N4O2/c1-3-23-17-13-15(9-10-20-17)14-22-18(19-2)21-11-12-24-16-7-5-4-6-8-16/h4-10,13H,3,11-12,14H2,1-2H3,(H2,19,21,22). The van der Waals surface area contributed by atoms with Crippen molar-refractivity contribution < 1.29 is 9.47 Å². The molecule has 2 aromatic rings. The Hall–Kier alpha value is -2.76. The number of hydrogen-bond donors (Lipinski definition) is 2. The van der Waals surface area contributed by atoms with Crippen molar-refractivity contribution in [1.82, 2.24) is 15.6 Å². The van der Waals surface area contributed by atoms with Crippen LogP contribution < -0.4 is 20.1 Å². The lowest BCUT2D eigenvalue weighted by Crippen LogP contribution is -2.38. The first-order valence-corrected chi connectivity index (χ1v) is 8.02. The van der Waals surface area contributed by atoms with Crippen LogP contribution in [0.1, 0.15) is 12.5 Å². The second-order valence-electron chi connectivity index (χ2n) is 4.95. The molecule has 0 spiro atoms. The molecule has 0 fully saturated rings. The molecule has 1 aromatic carbocycles. The molecule has 0 unspecified atom stereocenters. The number of benzene rings is 1. The number of hydrogen-bond acceptors (Lipinski definition) is 4. The molecule has 0 radical (unpaired) electrons. The van der Waals surface area contributed by atoms with E-state index >= 15 is 0 Å². The van der Waals surface area contributed by atoms with Crippen LogP contribution in [0.3, 0.4) is 0 Å². The van der Waals surface area contributed by atoms with Crippen molar-refractivity contribution in [2.45, 2.75) is 13.5 Å². The van der Waals surface area contributed by atoms with Gasteiger partial charge in [-0.1, -0.05) is 18.2 Å². The van der Waals surface area contributed by atoms with Crippen molar-refractivity contribution >= 4 is 5.96 Å². The fraction of sp³-hybridized carbons (Fsp3) is 0.333. The largest absolute Gasteiger partial charge is 0.492 e. The van der Waals surface area contributed by atoms with Crippen LogP contribution in [0.2, 0.25) is 0 Å². The highest BCUT2D eigenvalue weighted by molar-refractivity contribution is 5.79. The van der Waals surface area contributed by atoms with Crippen molar-refractivity contribution in [2.24, 2.45) is 4.99 Å². The molecule has 0 amide bonds. The van der Waals surface area contributed by atoms with Gasteiger partial charge in [0.05, 0.1) is 13.2 Å².